The third-order valence-corrected chi connectivity index (χ3v) is 4.84. The van der Waals surface area contributed by atoms with Crippen LogP contribution in [0.5, 0.6) is 0 Å². The molecule has 2 N–H and O–H groups in total. The first kappa shape index (κ1) is 25.0. The summed E-state index contributed by atoms with van der Waals surface area (Å²) in [6.07, 6.45) is 1.78. The Morgan fingerprint density at radius 1 is 1.23 bits per heavy atom. The summed E-state index contributed by atoms with van der Waals surface area (Å²) in [5.41, 5.74) is 0.173. The summed E-state index contributed by atoms with van der Waals surface area (Å²) in [6.45, 7) is 5.62. The minimum atomic E-state index is -3.20. The average Bonchev–Trinajstić information content (AvgIpc) is 2.54. The number of rotatable bonds is 9. The fourth-order valence-corrected chi connectivity index (χ4v) is 3.12. The van der Waals surface area contributed by atoms with Gasteiger partial charge in [-0.3, -0.25) is 0 Å². The smallest absolute Gasteiger partial charge is 0.211 e. The van der Waals surface area contributed by atoms with Crippen LogP contribution in [0.2, 0.25) is 0 Å². The molecule has 0 heterocycles. The van der Waals surface area contributed by atoms with E-state index in [1.54, 1.807) is 6.92 Å². The number of nitrogens with one attached hydrogen (secondary N) is 2. The molecule has 0 atom stereocenters. The molecule has 0 bridgehead atoms. The maximum atomic E-state index is 13.6. The molecule has 0 fully saturated rings. The third kappa shape index (κ3) is 9.08. The molecule has 1 aromatic rings. The van der Waals surface area contributed by atoms with Gasteiger partial charge in [0.15, 0.2) is 5.96 Å². The maximum Gasteiger partial charge on any atom is 0.211 e. The maximum absolute atomic E-state index is 13.6. The van der Waals surface area contributed by atoms with Crippen LogP contribution in [0.15, 0.2) is 23.2 Å². The normalized spacial score (nSPS) is 12.0. The Kier molecular flexibility index (Phi) is 11.9. The number of hydrogen-bond donors (Lipinski definition) is 2. The molecule has 1 rings (SSSR count). The molecule has 0 aliphatic heterocycles. The van der Waals surface area contributed by atoms with Gasteiger partial charge in [0.1, 0.15) is 11.6 Å². The van der Waals surface area contributed by atoms with E-state index < -0.39 is 21.7 Å². The largest absolute Gasteiger partial charge is 0.357 e. The van der Waals surface area contributed by atoms with Crippen molar-refractivity contribution in [2.45, 2.75) is 26.8 Å². The first-order valence-corrected chi connectivity index (χ1v) is 10.0. The Hall–Kier alpha value is -1.01. The fraction of sp³-hybridized carbons (Fsp3) is 0.562. The van der Waals surface area contributed by atoms with Crippen LogP contribution in [0.4, 0.5) is 8.78 Å². The van der Waals surface area contributed by atoms with Crippen molar-refractivity contribution >= 4 is 40.0 Å². The van der Waals surface area contributed by atoms with Gasteiger partial charge in [0.2, 0.25) is 10.0 Å². The van der Waals surface area contributed by atoms with Crippen LogP contribution in [0.25, 0.3) is 0 Å². The van der Waals surface area contributed by atoms with Gasteiger partial charge >= 0.3 is 0 Å². The van der Waals surface area contributed by atoms with E-state index in [0.29, 0.717) is 38.6 Å². The highest BCUT2D eigenvalue weighted by atomic mass is 127. The van der Waals surface area contributed by atoms with Gasteiger partial charge in [-0.15, -0.1) is 24.0 Å². The highest BCUT2D eigenvalue weighted by Crippen LogP contribution is 2.10. The summed E-state index contributed by atoms with van der Waals surface area (Å²) in [5.74, 6) is -0.550. The summed E-state index contributed by atoms with van der Waals surface area (Å²) in [5, 5.41) is 6.07. The summed E-state index contributed by atoms with van der Waals surface area (Å²) in [7, 11) is -3.20. The van der Waals surface area contributed by atoms with Gasteiger partial charge < -0.3 is 10.6 Å². The number of benzene rings is 1. The van der Waals surface area contributed by atoms with E-state index in [9.17, 15) is 17.2 Å². The number of hydrogen-bond acceptors (Lipinski definition) is 3. The third-order valence-electron chi connectivity index (χ3n) is 3.46. The molecule has 26 heavy (non-hydrogen) atoms. The van der Waals surface area contributed by atoms with E-state index in [2.05, 4.69) is 15.6 Å². The lowest BCUT2D eigenvalue weighted by Crippen LogP contribution is -2.39. The van der Waals surface area contributed by atoms with Crippen molar-refractivity contribution in [2.75, 3.05) is 32.4 Å². The lowest BCUT2D eigenvalue weighted by molar-refractivity contribution is 0.424. The molecule has 0 amide bonds. The zero-order valence-corrected chi connectivity index (χ0v) is 18.4. The molecule has 150 valence electrons. The van der Waals surface area contributed by atoms with Crippen LogP contribution in [0.3, 0.4) is 0 Å². The predicted molar refractivity (Wildman–Crippen MR) is 111 cm³/mol. The highest BCUT2D eigenvalue weighted by molar-refractivity contribution is 14.0. The minimum absolute atomic E-state index is 0. The summed E-state index contributed by atoms with van der Waals surface area (Å²) >= 11 is 0. The molecule has 0 radical (unpaired) electrons. The van der Waals surface area contributed by atoms with Crippen LogP contribution in [-0.2, 0) is 16.6 Å². The quantitative estimate of drug-likeness (QED) is 0.234. The van der Waals surface area contributed by atoms with E-state index >= 15 is 0 Å². The number of guanidine groups is 1. The summed E-state index contributed by atoms with van der Waals surface area (Å²) in [4.78, 5) is 4.23. The van der Waals surface area contributed by atoms with Crippen LogP contribution >= 0.6 is 24.0 Å². The van der Waals surface area contributed by atoms with E-state index in [1.165, 1.54) is 10.6 Å². The second-order valence-corrected chi connectivity index (χ2v) is 7.45. The number of aliphatic imine (C=N–C) groups is 1. The summed E-state index contributed by atoms with van der Waals surface area (Å²) < 4.78 is 51.2. The van der Waals surface area contributed by atoms with Crippen LogP contribution in [0, 0.1) is 11.6 Å². The lowest BCUT2D eigenvalue weighted by Gasteiger charge is -2.18. The Labute approximate surface area is 171 Å². The van der Waals surface area contributed by atoms with Crippen molar-refractivity contribution in [3.05, 3.63) is 35.4 Å². The molecule has 0 unspecified atom stereocenters. The first-order valence-electron chi connectivity index (χ1n) is 8.19. The molecule has 0 saturated heterocycles. The SMILES string of the molecule is CCNC(=NCc1cc(F)ccc1F)NCCCN(CC)S(C)(=O)=O.I. The van der Waals surface area contributed by atoms with Gasteiger partial charge in [0.05, 0.1) is 12.8 Å². The molecule has 0 aromatic heterocycles. The minimum Gasteiger partial charge on any atom is -0.357 e. The Morgan fingerprint density at radius 3 is 2.50 bits per heavy atom. The average molecular weight is 504 g/mol. The van der Waals surface area contributed by atoms with Gasteiger partial charge in [-0.2, -0.15) is 0 Å². The molecule has 10 heteroatoms. The fourth-order valence-electron chi connectivity index (χ4n) is 2.19. The Balaban J connectivity index is 0.00000625. The number of nitrogens with zero attached hydrogens (tertiary/aromatic N) is 2. The second kappa shape index (κ2) is 12.4. The zero-order chi connectivity index (χ0) is 18.9. The van der Waals surface area contributed by atoms with E-state index in [0.717, 1.165) is 18.2 Å². The van der Waals surface area contributed by atoms with E-state index in [-0.39, 0.29) is 36.1 Å². The zero-order valence-electron chi connectivity index (χ0n) is 15.3. The van der Waals surface area contributed by atoms with Gasteiger partial charge in [0, 0.05) is 31.7 Å². The molecule has 0 aliphatic rings. The van der Waals surface area contributed by atoms with Gasteiger partial charge in [0.25, 0.3) is 0 Å². The molecule has 0 aliphatic carbocycles. The Morgan fingerprint density at radius 2 is 1.92 bits per heavy atom. The standard InChI is InChI=1S/C16H26F2N4O2S.HI/c1-4-19-16(20-9-6-10-22(5-2)25(3,23)24)21-12-13-11-14(17)7-8-15(13)18;/h7-8,11H,4-6,9-10,12H2,1-3H3,(H2,19,20,21);1H. The lowest BCUT2D eigenvalue weighted by atomic mass is 10.2. The van der Waals surface area contributed by atoms with Crippen molar-refractivity contribution in [3.63, 3.8) is 0 Å². The summed E-state index contributed by atoms with van der Waals surface area (Å²) in [6, 6.07) is 3.26. The van der Waals surface area contributed by atoms with Crippen LogP contribution < -0.4 is 10.6 Å². The number of sulfonamides is 1. The molecule has 1 aromatic carbocycles. The van der Waals surface area contributed by atoms with Gasteiger partial charge in [-0.25, -0.2) is 26.5 Å². The molecular formula is C16H27F2IN4O2S. The first-order chi connectivity index (χ1) is 11.8. The van der Waals surface area contributed by atoms with Gasteiger partial charge in [-0.1, -0.05) is 6.92 Å². The van der Waals surface area contributed by atoms with Gasteiger partial charge in [-0.05, 0) is 31.5 Å². The number of halogens is 3. The predicted octanol–water partition coefficient (Wildman–Crippen LogP) is 2.31. The van der Waals surface area contributed by atoms with E-state index in [1.807, 2.05) is 6.92 Å². The molecular weight excluding hydrogens is 477 g/mol. The molecule has 6 nitrogen and oxygen atoms in total. The Bertz CT molecular complexity index is 687. The van der Waals surface area contributed by atoms with Crippen LogP contribution in [-0.4, -0.2) is 51.1 Å². The van der Waals surface area contributed by atoms with Crippen molar-refractivity contribution in [1.82, 2.24) is 14.9 Å². The van der Waals surface area contributed by atoms with E-state index in [4.69, 9.17) is 0 Å². The second-order valence-electron chi connectivity index (χ2n) is 5.47. The monoisotopic (exact) mass is 504 g/mol. The van der Waals surface area contributed by atoms with Crippen molar-refractivity contribution in [2.24, 2.45) is 4.99 Å². The topological polar surface area (TPSA) is 73.8 Å². The van der Waals surface area contributed by atoms with Crippen LogP contribution in [0.1, 0.15) is 25.8 Å². The molecule has 0 spiro atoms. The van der Waals surface area contributed by atoms with Crippen molar-refractivity contribution < 1.29 is 17.2 Å². The van der Waals surface area contributed by atoms with Crippen molar-refractivity contribution in [3.8, 4) is 0 Å². The molecule has 0 saturated carbocycles. The highest BCUT2D eigenvalue weighted by Gasteiger charge is 2.13. The van der Waals surface area contributed by atoms with Crippen molar-refractivity contribution in [1.29, 1.82) is 0 Å².